The molecule has 2 aliphatic heterocycles. The molecule has 2 unspecified atom stereocenters. The number of carbonyl (C=O) groups is 2. The van der Waals surface area contributed by atoms with Crippen molar-refractivity contribution in [1.82, 2.24) is 15.5 Å². The quantitative estimate of drug-likeness (QED) is 0.621. The van der Waals surface area contributed by atoms with Crippen molar-refractivity contribution < 1.29 is 9.59 Å². The van der Waals surface area contributed by atoms with E-state index in [4.69, 9.17) is 0 Å². The van der Waals surface area contributed by atoms with Gasteiger partial charge in [-0.1, -0.05) is 0 Å². The molecule has 2 N–H and O–H groups in total. The van der Waals surface area contributed by atoms with Crippen molar-refractivity contribution in [3.05, 3.63) is 0 Å². The fourth-order valence-corrected chi connectivity index (χ4v) is 2.34. The predicted molar refractivity (Wildman–Crippen MR) is 55.2 cm³/mol. The van der Waals surface area contributed by atoms with Crippen LogP contribution in [-0.2, 0) is 9.59 Å². The summed E-state index contributed by atoms with van der Waals surface area (Å²) in [5.74, 6) is 0.199. The molecule has 0 aliphatic carbocycles. The summed E-state index contributed by atoms with van der Waals surface area (Å²) in [6.07, 6.45) is 2.38. The van der Waals surface area contributed by atoms with Gasteiger partial charge in [-0.05, 0) is 19.9 Å². The van der Waals surface area contributed by atoms with Gasteiger partial charge in [-0.25, -0.2) is 0 Å². The molecule has 0 radical (unpaired) electrons. The van der Waals surface area contributed by atoms with Gasteiger partial charge in [-0.2, -0.15) is 0 Å². The number of nitrogens with zero attached hydrogens (tertiary/aromatic N) is 1. The molecule has 15 heavy (non-hydrogen) atoms. The van der Waals surface area contributed by atoms with Gasteiger partial charge < -0.3 is 15.5 Å². The second kappa shape index (κ2) is 4.18. The first-order chi connectivity index (χ1) is 7.22. The first-order valence-electron chi connectivity index (χ1n) is 5.47. The summed E-state index contributed by atoms with van der Waals surface area (Å²) in [5, 5.41) is 5.79. The topological polar surface area (TPSA) is 61.4 Å². The Morgan fingerprint density at radius 2 is 2.27 bits per heavy atom. The van der Waals surface area contributed by atoms with E-state index in [0.29, 0.717) is 13.0 Å². The number of rotatable bonds is 2. The van der Waals surface area contributed by atoms with Crippen molar-refractivity contribution in [1.29, 1.82) is 0 Å². The predicted octanol–water partition coefficient (Wildman–Crippen LogP) is -0.915. The van der Waals surface area contributed by atoms with Crippen LogP contribution in [-0.4, -0.2) is 48.9 Å². The van der Waals surface area contributed by atoms with E-state index >= 15 is 0 Å². The van der Waals surface area contributed by atoms with Crippen molar-refractivity contribution in [2.24, 2.45) is 0 Å². The molecule has 2 heterocycles. The van der Waals surface area contributed by atoms with Crippen molar-refractivity contribution in [2.75, 3.05) is 20.1 Å². The zero-order valence-corrected chi connectivity index (χ0v) is 8.95. The molecule has 2 fully saturated rings. The lowest BCUT2D eigenvalue weighted by molar-refractivity contribution is -0.138. The maximum Gasteiger partial charge on any atom is 0.240 e. The minimum atomic E-state index is -0.0607. The van der Waals surface area contributed by atoms with Crippen LogP contribution in [0.25, 0.3) is 0 Å². The Labute approximate surface area is 89.2 Å². The highest BCUT2D eigenvalue weighted by Gasteiger charge is 2.35. The number of hydrogen-bond acceptors (Lipinski definition) is 3. The Balaban J connectivity index is 2.02. The highest BCUT2D eigenvalue weighted by molar-refractivity contribution is 5.85. The fourth-order valence-electron chi connectivity index (χ4n) is 2.34. The number of piperidine rings is 1. The van der Waals surface area contributed by atoms with Gasteiger partial charge in [0.1, 0.15) is 0 Å². The fraction of sp³-hybridized carbons (Fsp3) is 0.800. The normalized spacial score (nSPS) is 31.9. The lowest BCUT2D eigenvalue weighted by Crippen LogP contribution is -2.53. The van der Waals surface area contributed by atoms with E-state index in [-0.39, 0.29) is 23.9 Å². The molecule has 0 spiro atoms. The number of nitrogens with one attached hydrogen (secondary N) is 2. The number of amides is 2. The van der Waals surface area contributed by atoms with Gasteiger partial charge in [0.2, 0.25) is 11.8 Å². The number of carbonyl (C=O) groups excluding carboxylic acids is 2. The second-order valence-electron chi connectivity index (χ2n) is 4.18. The minimum absolute atomic E-state index is 0.0550. The lowest BCUT2D eigenvalue weighted by atomic mass is 10.0. The third-order valence-corrected chi connectivity index (χ3v) is 3.22. The summed E-state index contributed by atoms with van der Waals surface area (Å²) in [5.41, 5.74) is 0. The van der Waals surface area contributed by atoms with Crippen LogP contribution in [0, 0.1) is 0 Å². The zero-order chi connectivity index (χ0) is 10.8. The molecular weight excluding hydrogens is 194 g/mol. The summed E-state index contributed by atoms with van der Waals surface area (Å²) >= 11 is 0. The molecular formula is C10H17N3O2. The molecule has 5 heteroatoms. The minimum Gasteiger partial charge on any atom is -0.354 e. The van der Waals surface area contributed by atoms with Crippen LogP contribution in [0.15, 0.2) is 0 Å². The first-order valence-corrected chi connectivity index (χ1v) is 5.47. The molecule has 0 aromatic rings. The van der Waals surface area contributed by atoms with Crippen LogP contribution in [0.4, 0.5) is 0 Å². The number of likely N-dealkylation sites (N-methyl/N-ethyl adjacent to an activating group) is 1. The third kappa shape index (κ3) is 1.97. The van der Waals surface area contributed by atoms with E-state index < -0.39 is 0 Å². The van der Waals surface area contributed by atoms with Gasteiger partial charge in [0.25, 0.3) is 0 Å². The van der Waals surface area contributed by atoms with Crippen molar-refractivity contribution >= 4 is 11.8 Å². The van der Waals surface area contributed by atoms with E-state index in [1.165, 1.54) is 0 Å². The van der Waals surface area contributed by atoms with Crippen LogP contribution in [0.2, 0.25) is 0 Å². The lowest BCUT2D eigenvalue weighted by Gasteiger charge is -2.35. The Bertz CT molecular complexity index is 280. The molecule has 0 saturated carbocycles. The highest BCUT2D eigenvalue weighted by Crippen LogP contribution is 2.18. The molecule has 2 rings (SSSR count). The molecule has 0 aromatic carbocycles. The summed E-state index contributed by atoms with van der Waals surface area (Å²) in [6, 6.07) is 0.00982. The maximum atomic E-state index is 12.0. The first kappa shape index (κ1) is 10.4. The largest absolute Gasteiger partial charge is 0.354 e. The van der Waals surface area contributed by atoms with Crippen molar-refractivity contribution in [2.45, 2.75) is 31.3 Å². The SMILES string of the molecule is CNC1CCCN(C2CNC(=O)C2)C1=O. The Morgan fingerprint density at radius 3 is 2.87 bits per heavy atom. The second-order valence-corrected chi connectivity index (χ2v) is 4.18. The van der Waals surface area contributed by atoms with E-state index in [1.807, 2.05) is 11.9 Å². The molecule has 0 bridgehead atoms. The van der Waals surface area contributed by atoms with Crippen molar-refractivity contribution in [3.63, 3.8) is 0 Å². The summed E-state index contributed by atoms with van der Waals surface area (Å²) in [6.45, 7) is 1.40. The molecule has 84 valence electrons. The summed E-state index contributed by atoms with van der Waals surface area (Å²) in [7, 11) is 1.81. The molecule has 5 nitrogen and oxygen atoms in total. The zero-order valence-electron chi connectivity index (χ0n) is 8.95. The van der Waals surface area contributed by atoms with Crippen LogP contribution in [0.5, 0.6) is 0 Å². The summed E-state index contributed by atoms with van der Waals surface area (Å²) < 4.78 is 0. The average molecular weight is 211 g/mol. The molecule has 0 aromatic heterocycles. The Hall–Kier alpha value is -1.10. The molecule has 2 saturated heterocycles. The van der Waals surface area contributed by atoms with Gasteiger partial charge in [0.15, 0.2) is 0 Å². The monoisotopic (exact) mass is 211 g/mol. The van der Waals surface area contributed by atoms with Gasteiger partial charge >= 0.3 is 0 Å². The third-order valence-electron chi connectivity index (χ3n) is 3.22. The van der Waals surface area contributed by atoms with Gasteiger partial charge in [-0.15, -0.1) is 0 Å². The van der Waals surface area contributed by atoms with E-state index in [9.17, 15) is 9.59 Å². The average Bonchev–Trinajstić information content (AvgIpc) is 2.65. The molecule has 2 aliphatic rings. The number of hydrogen-bond donors (Lipinski definition) is 2. The van der Waals surface area contributed by atoms with Crippen LogP contribution in [0.3, 0.4) is 0 Å². The van der Waals surface area contributed by atoms with Crippen molar-refractivity contribution in [3.8, 4) is 0 Å². The molecule has 2 amide bonds. The van der Waals surface area contributed by atoms with Crippen LogP contribution < -0.4 is 10.6 Å². The smallest absolute Gasteiger partial charge is 0.240 e. The van der Waals surface area contributed by atoms with E-state index in [1.54, 1.807) is 0 Å². The Kier molecular flexibility index (Phi) is 2.90. The van der Waals surface area contributed by atoms with Gasteiger partial charge in [0.05, 0.1) is 12.1 Å². The van der Waals surface area contributed by atoms with Crippen LogP contribution >= 0.6 is 0 Å². The molecule has 2 atom stereocenters. The maximum absolute atomic E-state index is 12.0. The van der Waals surface area contributed by atoms with Gasteiger partial charge in [0, 0.05) is 19.5 Å². The summed E-state index contributed by atoms with van der Waals surface area (Å²) in [4.78, 5) is 24.9. The van der Waals surface area contributed by atoms with E-state index in [0.717, 1.165) is 19.4 Å². The van der Waals surface area contributed by atoms with E-state index in [2.05, 4.69) is 10.6 Å². The standard InChI is InChI=1S/C10H17N3O2/c1-11-8-3-2-4-13(10(8)15)7-5-9(14)12-6-7/h7-8,11H,2-6H2,1H3,(H,12,14). The Morgan fingerprint density at radius 1 is 1.47 bits per heavy atom. The van der Waals surface area contributed by atoms with Gasteiger partial charge in [-0.3, -0.25) is 9.59 Å². The highest BCUT2D eigenvalue weighted by atomic mass is 16.2. The van der Waals surface area contributed by atoms with Crippen LogP contribution in [0.1, 0.15) is 19.3 Å². The number of likely N-dealkylation sites (tertiary alicyclic amines) is 1.